The summed E-state index contributed by atoms with van der Waals surface area (Å²) in [4.78, 5) is 11.3. The Morgan fingerprint density at radius 2 is 2.07 bits per heavy atom. The van der Waals surface area contributed by atoms with Gasteiger partial charge < -0.3 is 4.74 Å². The molecular formula is C12H12O2. The fourth-order valence-electron chi connectivity index (χ4n) is 0.920. The fourth-order valence-corrected chi connectivity index (χ4v) is 0.920. The van der Waals surface area contributed by atoms with Crippen molar-refractivity contribution in [1.82, 2.24) is 0 Å². The number of esters is 1. The Bertz CT molecular complexity index is 378. The zero-order valence-corrected chi connectivity index (χ0v) is 8.12. The lowest BCUT2D eigenvalue weighted by Gasteiger charge is -2.05. The van der Waals surface area contributed by atoms with Crippen LogP contribution < -0.4 is 4.74 Å². The van der Waals surface area contributed by atoms with Gasteiger partial charge in [0, 0.05) is 0 Å². The van der Waals surface area contributed by atoms with Gasteiger partial charge in [-0.25, -0.2) is 4.79 Å². The van der Waals surface area contributed by atoms with Crippen LogP contribution in [0.1, 0.15) is 5.56 Å². The highest BCUT2D eigenvalue weighted by atomic mass is 16.5. The van der Waals surface area contributed by atoms with E-state index in [1.54, 1.807) is 6.07 Å². The van der Waals surface area contributed by atoms with Crippen molar-refractivity contribution < 1.29 is 9.53 Å². The smallest absolute Gasteiger partial charge is 0.342 e. The first-order valence-electron chi connectivity index (χ1n) is 4.24. The topological polar surface area (TPSA) is 26.3 Å². The molecule has 2 heteroatoms. The zero-order chi connectivity index (χ0) is 10.6. The molecule has 0 heterocycles. The quantitative estimate of drug-likeness (QED) is 0.315. The minimum absolute atomic E-state index is 0.258. The molecule has 0 N–H and O–H groups in total. The maximum Gasteiger partial charge on any atom is 0.342 e. The van der Waals surface area contributed by atoms with Gasteiger partial charge in [-0.3, -0.25) is 0 Å². The van der Waals surface area contributed by atoms with Crippen LogP contribution in [0.25, 0.3) is 0 Å². The first-order chi connectivity index (χ1) is 6.65. The van der Waals surface area contributed by atoms with Crippen molar-refractivity contribution in [3.8, 4) is 5.75 Å². The number of hydrogen-bond donors (Lipinski definition) is 0. The molecule has 14 heavy (non-hydrogen) atoms. The van der Waals surface area contributed by atoms with E-state index in [0.29, 0.717) is 5.75 Å². The maximum atomic E-state index is 11.3. The van der Waals surface area contributed by atoms with Gasteiger partial charge in [0.1, 0.15) is 5.75 Å². The van der Waals surface area contributed by atoms with E-state index >= 15 is 0 Å². The number of benzene rings is 1. The van der Waals surface area contributed by atoms with Gasteiger partial charge >= 0.3 is 5.97 Å². The summed E-state index contributed by atoms with van der Waals surface area (Å²) in [5.41, 5.74) is 1.17. The molecule has 0 radical (unpaired) electrons. The molecule has 0 spiro atoms. The average molecular weight is 188 g/mol. The summed E-state index contributed by atoms with van der Waals surface area (Å²) in [6.07, 6.45) is 1.38. The van der Waals surface area contributed by atoms with Crippen LogP contribution in [0.3, 0.4) is 0 Å². The van der Waals surface area contributed by atoms with E-state index in [1.165, 1.54) is 6.08 Å². The van der Waals surface area contributed by atoms with Crippen molar-refractivity contribution >= 4 is 5.97 Å². The van der Waals surface area contributed by atoms with E-state index in [-0.39, 0.29) is 5.57 Å². The Hall–Kier alpha value is -1.83. The van der Waals surface area contributed by atoms with Crippen LogP contribution in [0.4, 0.5) is 0 Å². The van der Waals surface area contributed by atoms with Gasteiger partial charge in [0.05, 0.1) is 5.57 Å². The lowest BCUT2D eigenvalue weighted by Crippen LogP contribution is -2.09. The summed E-state index contributed by atoms with van der Waals surface area (Å²) >= 11 is 0. The predicted octanol–water partition coefficient (Wildman–Crippen LogP) is 2.64. The molecule has 0 fully saturated rings. The number of carbonyl (C=O) groups is 1. The third-order valence-corrected chi connectivity index (χ3v) is 1.80. The molecular weight excluding hydrogens is 176 g/mol. The minimum atomic E-state index is -0.464. The van der Waals surface area contributed by atoms with E-state index in [4.69, 9.17) is 4.74 Å². The highest BCUT2D eigenvalue weighted by Crippen LogP contribution is 2.17. The number of ether oxygens (including phenoxy) is 1. The number of rotatable bonds is 3. The summed E-state index contributed by atoms with van der Waals surface area (Å²) in [6, 6.07) is 7.31. The number of aryl methyl sites for hydroxylation is 1. The number of para-hydroxylation sites is 1. The van der Waals surface area contributed by atoms with Crippen molar-refractivity contribution in [2.45, 2.75) is 6.92 Å². The van der Waals surface area contributed by atoms with Crippen LogP contribution in [0, 0.1) is 6.92 Å². The Kier molecular flexibility index (Phi) is 3.24. The van der Waals surface area contributed by atoms with Gasteiger partial charge in [-0.1, -0.05) is 37.4 Å². The monoisotopic (exact) mass is 188 g/mol. The van der Waals surface area contributed by atoms with Gasteiger partial charge in [-0.15, -0.1) is 0 Å². The van der Waals surface area contributed by atoms with Gasteiger partial charge in [0.15, 0.2) is 0 Å². The van der Waals surface area contributed by atoms with Gasteiger partial charge in [-0.05, 0) is 18.6 Å². The van der Waals surface area contributed by atoms with Crippen molar-refractivity contribution in [2.24, 2.45) is 0 Å². The van der Waals surface area contributed by atoms with Crippen LogP contribution in [0.2, 0.25) is 0 Å². The third-order valence-electron chi connectivity index (χ3n) is 1.80. The van der Waals surface area contributed by atoms with Crippen LogP contribution in [0.5, 0.6) is 5.75 Å². The molecule has 0 aliphatic carbocycles. The SMILES string of the molecule is C=CC(=C)C(=O)Oc1ccccc1C. The second-order valence-corrected chi connectivity index (χ2v) is 2.88. The highest BCUT2D eigenvalue weighted by Gasteiger charge is 2.07. The van der Waals surface area contributed by atoms with E-state index < -0.39 is 5.97 Å². The lowest BCUT2D eigenvalue weighted by atomic mass is 10.2. The lowest BCUT2D eigenvalue weighted by molar-refractivity contribution is -0.129. The Labute approximate surface area is 83.5 Å². The largest absolute Gasteiger partial charge is 0.423 e. The summed E-state index contributed by atoms with van der Waals surface area (Å²) < 4.78 is 5.09. The predicted molar refractivity (Wildman–Crippen MR) is 56.2 cm³/mol. The molecule has 0 unspecified atom stereocenters. The van der Waals surface area contributed by atoms with Gasteiger partial charge in [0.25, 0.3) is 0 Å². The highest BCUT2D eigenvalue weighted by molar-refractivity contribution is 5.92. The van der Waals surface area contributed by atoms with Crippen molar-refractivity contribution in [3.05, 3.63) is 54.6 Å². The second kappa shape index (κ2) is 4.42. The van der Waals surface area contributed by atoms with Crippen molar-refractivity contribution in [2.75, 3.05) is 0 Å². The van der Waals surface area contributed by atoms with Crippen LogP contribution in [0.15, 0.2) is 49.1 Å². The normalized spacial score (nSPS) is 9.21. The standard InChI is InChI=1S/C12H12O2/c1-4-9(2)12(13)14-11-8-6-5-7-10(11)3/h4-8H,1-2H2,3H3. The maximum absolute atomic E-state index is 11.3. The molecule has 2 nitrogen and oxygen atoms in total. The Morgan fingerprint density at radius 1 is 1.43 bits per heavy atom. The van der Waals surface area contributed by atoms with E-state index in [0.717, 1.165) is 5.56 Å². The molecule has 0 aromatic heterocycles. The van der Waals surface area contributed by atoms with E-state index in [2.05, 4.69) is 13.2 Å². The van der Waals surface area contributed by atoms with Crippen molar-refractivity contribution in [1.29, 1.82) is 0 Å². The molecule has 0 amide bonds. The third kappa shape index (κ3) is 2.33. The molecule has 1 aromatic rings. The summed E-state index contributed by atoms with van der Waals surface area (Å²) in [6.45, 7) is 8.83. The Morgan fingerprint density at radius 3 is 2.64 bits per heavy atom. The molecule has 1 rings (SSSR count). The summed E-state index contributed by atoms with van der Waals surface area (Å²) in [5.74, 6) is 0.0924. The number of hydrogen-bond acceptors (Lipinski definition) is 2. The average Bonchev–Trinajstić information content (AvgIpc) is 2.20. The Balaban J connectivity index is 2.79. The fraction of sp³-hybridized carbons (Fsp3) is 0.0833. The minimum Gasteiger partial charge on any atom is -0.423 e. The molecule has 0 saturated heterocycles. The zero-order valence-electron chi connectivity index (χ0n) is 8.12. The molecule has 0 bridgehead atoms. The summed E-state index contributed by atoms with van der Waals surface area (Å²) in [7, 11) is 0. The molecule has 0 aliphatic heterocycles. The van der Waals surface area contributed by atoms with Crippen molar-refractivity contribution in [3.63, 3.8) is 0 Å². The van der Waals surface area contributed by atoms with Crippen LogP contribution in [-0.4, -0.2) is 5.97 Å². The molecule has 0 atom stereocenters. The molecule has 72 valence electrons. The number of carbonyl (C=O) groups excluding carboxylic acids is 1. The van der Waals surface area contributed by atoms with Gasteiger partial charge in [-0.2, -0.15) is 0 Å². The molecule has 0 aliphatic rings. The van der Waals surface area contributed by atoms with Gasteiger partial charge in [0.2, 0.25) is 0 Å². The van der Waals surface area contributed by atoms with E-state index in [1.807, 2.05) is 25.1 Å². The van der Waals surface area contributed by atoms with Crippen LogP contribution >= 0.6 is 0 Å². The van der Waals surface area contributed by atoms with E-state index in [9.17, 15) is 4.79 Å². The second-order valence-electron chi connectivity index (χ2n) is 2.88. The molecule has 1 aromatic carbocycles. The first-order valence-corrected chi connectivity index (χ1v) is 4.24. The summed E-state index contributed by atoms with van der Waals surface area (Å²) in [5, 5.41) is 0. The first kappa shape index (κ1) is 10.3. The molecule has 0 saturated carbocycles. The van der Waals surface area contributed by atoms with Crippen LogP contribution in [-0.2, 0) is 4.79 Å².